The van der Waals surface area contributed by atoms with Crippen molar-refractivity contribution in [3.05, 3.63) is 42.7 Å². The summed E-state index contributed by atoms with van der Waals surface area (Å²) >= 11 is 0. The second-order valence-electron chi connectivity index (χ2n) is 11.9. The molecule has 0 amide bonds. The van der Waals surface area contributed by atoms with E-state index in [2.05, 4.69) is 46.0 Å². The van der Waals surface area contributed by atoms with Crippen LogP contribution in [0.4, 0.5) is 11.8 Å². The van der Waals surface area contributed by atoms with Crippen molar-refractivity contribution in [3.8, 4) is 22.6 Å². The zero-order valence-electron chi connectivity index (χ0n) is 24.0. The number of pyridine rings is 1. The number of aromatic nitrogens is 6. The summed E-state index contributed by atoms with van der Waals surface area (Å²) in [5.41, 5.74) is 3.46. The highest BCUT2D eigenvalue weighted by Crippen LogP contribution is 2.43. The smallest absolute Gasteiger partial charge is 0.229 e. The molecule has 3 aliphatic heterocycles. The van der Waals surface area contributed by atoms with E-state index >= 15 is 0 Å². The minimum Gasteiger partial charge on any atom is -0.377 e. The quantitative estimate of drug-likeness (QED) is 0.347. The van der Waals surface area contributed by atoms with Crippen molar-refractivity contribution in [3.63, 3.8) is 0 Å². The van der Waals surface area contributed by atoms with E-state index < -0.39 is 0 Å². The molecule has 6 heterocycles. The van der Waals surface area contributed by atoms with E-state index in [9.17, 15) is 0 Å². The molecule has 0 N–H and O–H groups in total. The van der Waals surface area contributed by atoms with E-state index in [1.807, 2.05) is 16.8 Å². The Bertz CT molecular complexity index is 1600. The summed E-state index contributed by atoms with van der Waals surface area (Å²) in [6, 6.07) is 12.6. The van der Waals surface area contributed by atoms with Gasteiger partial charge in [0.2, 0.25) is 5.95 Å². The molecule has 218 valence electrons. The SMILES string of the molecule is C[C@H]1COCCN1c1nc(N2CCOC3(CC3)C2)nc2nc(-c3cccc(-c4ncn(C5CCCCO5)n4)c3)ccc12. The Kier molecular flexibility index (Phi) is 6.53. The Hall–Kier alpha value is -3.67. The normalized spacial score (nSPS) is 23.9. The average Bonchev–Trinajstić information content (AvgIpc) is 3.58. The minimum absolute atomic E-state index is 0.0250. The number of hydrogen-bond acceptors (Lipinski definition) is 10. The van der Waals surface area contributed by atoms with E-state index in [1.165, 1.54) is 0 Å². The standard InChI is InChI=1S/C31H36N8O3/c1-21-18-40-15-13-38(21)29-24-8-9-25(33-28(24)34-30(35-29)37-12-16-42-31(19-37)10-11-31)22-5-4-6-23(17-22)27-32-20-39(36-27)26-7-2-3-14-41-26/h4-6,8-9,17,20-21,26H,2-3,7,10-16,18-19H2,1H3/t21-,26?/m0/s1. The second-order valence-corrected chi connectivity index (χ2v) is 11.9. The van der Waals surface area contributed by atoms with Crippen LogP contribution in [0, 0.1) is 0 Å². The number of morpholine rings is 2. The lowest BCUT2D eigenvalue weighted by atomic mass is 10.1. The summed E-state index contributed by atoms with van der Waals surface area (Å²) in [6.07, 6.45) is 7.15. The largest absolute Gasteiger partial charge is 0.377 e. The van der Waals surface area contributed by atoms with Crippen molar-refractivity contribution in [2.75, 3.05) is 55.9 Å². The van der Waals surface area contributed by atoms with Crippen LogP contribution in [-0.4, -0.2) is 87.4 Å². The van der Waals surface area contributed by atoms with Gasteiger partial charge in [0, 0.05) is 37.4 Å². The van der Waals surface area contributed by atoms with Gasteiger partial charge in [0.05, 0.1) is 42.5 Å². The third-order valence-electron chi connectivity index (χ3n) is 8.88. The maximum Gasteiger partial charge on any atom is 0.229 e. The van der Waals surface area contributed by atoms with Gasteiger partial charge in [-0.3, -0.25) is 0 Å². The first-order valence-corrected chi connectivity index (χ1v) is 15.2. The maximum atomic E-state index is 6.08. The molecule has 0 bridgehead atoms. The molecule has 8 rings (SSSR count). The molecule has 2 atom stereocenters. The summed E-state index contributed by atoms with van der Waals surface area (Å²) < 4.78 is 19.6. The molecular formula is C31H36N8O3. The Labute approximate surface area is 244 Å². The van der Waals surface area contributed by atoms with Gasteiger partial charge < -0.3 is 24.0 Å². The highest BCUT2D eigenvalue weighted by molar-refractivity contribution is 5.90. The molecule has 1 aromatic carbocycles. The van der Waals surface area contributed by atoms with Crippen molar-refractivity contribution >= 4 is 22.8 Å². The molecule has 1 aliphatic carbocycles. The molecular weight excluding hydrogens is 532 g/mol. The van der Waals surface area contributed by atoms with Crippen molar-refractivity contribution in [2.45, 2.75) is 56.9 Å². The van der Waals surface area contributed by atoms with Gasteiger partial charge in [0.15, 0.2) is 17.7 Å². The number of nitrogens with zero attached hydrogens (tertiary/aromatic N) is 8. The molecule has 0 radical (unpaired) electrons. The van der Waals surface area contributed by atoms with E-state index in [-0.39, 0.29) is 17.9 Å². The molecule has 11 heteroatoms. The number of benzene rings is 1. The van der Waals surface area contributed by atoms with Gasteiger partial charge in [-0.15, -0.1) is 5.10 Å². The molecule has 42 heavy (non-hydrogen) atoms. The van der Waals surface area contributed by atoms with Crippen molar-refractivity contribution < 1.29 is 14.2 Å². The predicted molar refractivity (Wildman–Crippen MR) is 158 cm³/mol. The lowest BCUT2D eigenvalue weighted by Gasteiger charge is -2.36. The van der Waals surface area contributed by atoms with Gasteiger partial charge in [-0.05, 0) is 57.2 Å². The van der Waals surface area contributed by atoms with Crippen LogP contribution in [0.2, 0.25) is 0 Å². The van der Waals surface area contributed by atoms with Crippen LogP contribution in [-0.2, 0) is 14.2 Å². The second kappa shape index (κ2) is 10.6. The number of ether oxygens (including phenoxy) is 3. The zero-order chi connectivity index (χ0) is 28.1. The first-order chi connectivity index (χ1) is 20.6. The fourth-order valence-electron chi connectivity index (χ4n) is 6.30. The maximum absolute atomic E-state index is 6.08. The lowest BCUT2D eigenvalue weighted by molar-refractivity contribution is -0.0395. The number of fused-ring (bicyclic) bond motifs is 1. The fourth-order valence-corrected chi connectivity index (χ4v) is 6.30. The Morgan fingerprint density at radius 2 is 1.88 bits per heavy atom. The monoisotopic (exact) mass is 568 g/mol. The Morgan fingerprint density at radius 1 is 0.952 bits per heavy atom. The van der Waals surface area contributed by atoms with Crippen molar-refractivity contribution in [1.82, 2.24) is 29.7 Å². The Balaban J connectivity index is 1.16. The van der Waals surface area contributed by atoms with Crippen LogP contribution in [0.25, 0.3) is 33.7 Å². The van der Waals surface area contributed by atoms with Crippen molar-refractivity contribution in [1.29, 1.82) is 0 Å². The van der Waals surface area contributed by atoms with E-state index in [4.69, 9.17) is 34.3 Å². The van der Waals surface area contributed by atoms with Crippen molar-refractivity contribution in [2.24, 2.45) is 0 Å². The van der Waals surface area contributed by atoms with E-state index in [0.29, 0.717) is 31.3 Å². The van der Waals surface area contributed by atoms with Crippen LogP contribution in [0.3, 0.4) is 0 Å². The molecule has 3 aromatic heterocycles. The molecule has 1 saturated carbocycles. The van der Waals surface area contributed by atoms with Gasteiger partial charge in [-0.1, -0.05) is 18.2 Å². The first kappa shape index (κ1) is 26.0. The topological polar surface area (TPSA) is 104 Å². The third kappa shape index (κ3) is 4.89. The van der Waals surface area contributed by atoms with Crippen LogP contribution in [0.15, 0.2) is 42.7 Å². The van der Waals surface area contributed by atoms with Gasteiger partial charge in [0.1, 0.15) is 12.1 Å². The number of rotatable bonds is 5. The van der Waals surface area contributed by atoms with Gasteiger partial charge >= 0.3 is 0 Å². The summed E-state index contributed by atoms with van der Waals surface area (Å²) in [5.74, 6) is 2.33. The average molecular weight is 569 g/mol. The van der Waals surface area contributed by atoms with Gasteiger partial charge in [-0.2, -0.15) is 9.97 Å². The lowest BCUT2D eigenvalue weighted by Crippen LogP contribution is -2.46. The van der Waals surface area contributed by atoms with E-state index in [0.717, 1.165) is 92.3 Å². The molecule has 1 unspecified atom stereocenters. The number of anilines is 2. The molecule has 4 fully saturated rings. The van der Waals surface area contributed by atoms with Crippen LogP contribution < -0.4 is 9.80 Å². The predicted octanol–water partition coefficient (Wildman–Crippen LogP) is 4.24. The highest BCUT2D eigenvalue weighted by Gasteiger charge is 2.48. The van der Waals surface area contributed by atoms with Crippen LogP contribution in [0.5, 0.6) is 0 Å². The molecule has 1 spiro atoms. The molecule has 11 nitrogen and oxygen atoms in total. The molecule has 4 aliphatic rings. The highest BCUT2D eigenvalue weighted by atomic mass is 16.5. The fraction of sp³-hybridized carbons (Fsp3) is 0.516. The van der Waals surface area contributed by atoms with Crippen LogP contribution in [0.1, 0.15) is 45.3 Å². The molecule has 3 saturated heterocycles. The summed E-state index contributed by atoms with van der Waals surface area (Å²) in [6.45, 7) is 7.40. The molecule has 4 aromatic rings. The van der Waals surface area contributed by atoms with Crippen LogP contribution >= 0.6 is 0 Å². The van der Waals surface area contributed by atoms with Gasteiger partial charge in [0.25, 0.3) is 0 Å². The van der Waals surface area contributed by atoms with Gasteiger partial charge in [-0.25, -0.2) is 14.6 Å². The first-order valence-electron chi connectivity index (χ1n) is 15.2. The number of hydrogen-bond donors (Lipinski definition) is 0. The summed E-state index contributed by atoms with van der Waals surface area (Å²) in [4.78, 5) is 24.5. The Morgan fingerprint density at radius 3 is 2.74 bits per heavy atom. The zero-order valence-corrected chi connectivity index (χ0v) is 24.0. The van der Waals surface area contributed by atoms with E-state index in [1.54, 1.807) is 6.33 Å². The third-order valence-corrected chi connectivity index (χ3v) is 8.88. The minimum atomic E-state index is -0.0381. The summed E-state index contributed by atoms with van der Waals surface area (Å²) in [5, 5.41) is 5.70. The summed E-state index contributed by atoms with van der Waals surface area (Å²) in [7, 11) is 0.